The van der Waals surface area contributed by atoms with Gasteiger partial charge in [0, 0.05) is 40.2 Å². The Morgan fingerprint density at radius 2 is 2.00 bits per heavy atom. The van der Waals surface area contributed by atoms with Crippen LogP contribution < -0.4 is 10.0 Å². The molecule has 0 fully saturated rings. The number of hydrogen-bond acceptors (Lipinski definition) is 5. The van der Waals surface area contributed by atoms with E-state index < -0.39 is 16.3 Å². The maximum atomic E-state index is 12.1. The molecule has 0 bridgehead atoms. The predicted molar refractivity (Wildman–Crippen MR) is 79.9 cm³/mol. The molecule has 0 aliphatic carbocycles. The molecule has 0 spiro atoms. The summed E-state index contributed by atoms with van der Waals surface area (Å²) < 4.78 is 30.2. The second-order valence-electron chi connectivity index (χ2n) is 5.75. The molecule has 1 aromatic heterocycles. The summed E-state index contributed by atoms with van der Waals surface area (Å²) >= 11 is 0. The van der Waals surface area contributed by atoms with E-state index in [0.717, 1.165) is 31.9 Å². The van der Waals surface area contributed by atoms with E-state index in [-0.39, 0.29) is 5.92 Å². The van der Waals surface area contributed by atoms with E-state index in [2.05, 4.69) is 20.2 Å². The molecule has 2 rings (SSSR count). The molecule has 0 radical (unpaired) electrons. The van der Waals surface area contributed by atoms with Crippen LogP contribution in [0.25, 0.3) is 0 Å². The molecule has 0 saturated carbocycles. The highest BCUT2D eigenvalue weighted by Crippen LogP contribution is 2.22. The van der Waals surface area contributed by atoms with Crippen LogP contribution in [0.4, 0.5) is 0 Å². The summed E-state index contributed by atoms with van der Waals surface area (Å²) in [5, 5.41) is 11.8. The number of nitrogens with one attached hydrogen (secondary N) is 2. The molecule has 1 aromatic rings. The van der Waals surface area contributed by atoms with Crippen LogP contribution in [0.5, 0.6) is 0 Å². The number of rotatable bonds is 5. The molecule has 2 N–H and O–H groups in total. The Balaban J connectivity index is 2.34. The van der Waals surface area contributed by atoms with E-state index in [1.807, 2.05) is 18.4 Å². The molecule has 2 heterocycles. The van der Waals surface area contributed by atoms with Gasteiger partial charge in [-0.05, 0) is 5.92 Å². The van der Waals surface area contributed by atoms with Crippen LogP contribution in [-0.2, 0) is 23.2 Å². The van der Waals surface area contributed by atoms with E-state index >= 15 is 0 Å². The maximum Gasteiger partial charge on any atom is 0.279 e. The van der Waals surface area contributed by atoms with Crippen LogP contribution in [0.3, 0.4) is 0 Å². The summed E-state index contributed by atoms with van der Waals surface area (Å²) in [6.07, 6.45) is 0.804. The molecular formula is C12H24N6O2S. The van der Waals surface area contributed by atoms with Crippen molar-refractivity contribution in [2.75, 3.05) is 27.2 Å². The van der Waals surface area contributed by atoms with E-state index in [1.165, 1.54) is 18.4 Å². The van der Waals surface area contributed by atoms with Crippen molar-refractivity contribution >= 4 is 10.2 Å². The average molecular weight is 316 g/mol. The van der Waals surface area contributed by atoms with Crippen molar-refractivity contribution in [3.8, 4) is 0 Å². The molecule has 0 aromatic carbocycles. The van der Waals surface area contributed by atoms with E-state index in [9.17, 15) is 8.42 Å². The Labute approximate surface area is 126 Å². The van der Waals surface area contributed by atoms with Gasteiger partial charge in [0.15, 0.2) is 5.82 Å². The van der Waals surface area contributed by atoms with Gasteiger partial charge in [-0.2, -0.15) is 17.4 Å². The van der Waals surface area contributed by atoms with Gasteiger partial charge < -0.3 is 9.88 Å². The predicted octanol–water partition coefficient (Wildman–Crippen LogP) is -0.483. The Hall–Kier alpha value is -1.03. The number of fused-ring (bicyclic) bond motifs is 1. The van der Waals surface area contributed by atoms with Gasteiger partial charge in [0.2, 0.25) is 0 Å². The minimum absolute atomic E-state index is 0.0734. The molecule has 8 nitrogen and oxygen atoms in total. The summed E-state index contributed by atoms with van der Waals surface area (Å²) in [6.45, 7) is 6.40. The normalized spacial score (nSPS) is 17.8. The molecular weight excluding hydrogens is 292 g/mol. The Morgan fingerprint density at radius 1 is 1.29 bits per heavy atom. The molecule has 1 atom stereocenters. The fourth-order valence-corrected chi connectivity index (χ4v) is 3.19. The number of aromatic nitrogens is 3. The lowest BCUT2D eigenvalue weighted by Gasteiger charge is -2.24. The monoisotopic (exact) mass is 316 g/mol. The Kier molecular flexibility index (Phi) is 4.97. The Bertz CT molecular complexity index is 581. The van der Waals surface area contributed by atoms with Crippen LogP contribution in [0.15, 0.2) is 0 Å². The third-order valence-corrected chi connectivity index (χ3v) is 5.11. The van der Waals surface area contributed by atoms with Gasteiger partial charge in [-0.3, -0.25) is 0 Å². The van der Waals surface area contributed by atoms with Gasteiger partial charge >= 0.3 is 0 Å². The summed E-state index contributed by atoms with van der Waals surface area (Å²) in [7, 11) is -0.502. The van der Waals surface area contributed by atoms with Crippen molar-refractivity contribution in [1.29, 1.82) is 0 Å². The van der Waals surface area contributed by atoms with Crippen molar-refractivity contribution in [2.24, 2.45) is 5.92 Å². The van der Waals surface area contributed by atoms with Crippen molar-refractivity contribution in [3.63, 3.8) is 0 Å². The van der Waals surface area contributed by atoms with Crippen LogP contribution in [0.2, 0.25) is 0 Å². The lowest BCUT2D eigenvalue weighted by atomic mass is 10.1. The van der Waals surface area contributed by atoms with Crippen molar-refractivity contribution in [1.82, 2.24) is 29.1 Å². The third kappa shape index (κ3) is 3.60. The molecule has 120 valence electrons. The van der Waals surface area contributed by atoms with Crippen LogP contribution >= 0.6 is 0 Å². The third-order valence-electron chi connectivity index (χ3n) is 3.60. The molecule has 1 aliphatic heterocycles. The lowest BCUT2D eigenvalue weighted by molar-refractivity contribution is 0.408. The lowest BCUT2D eigenvalue weighted by Crippen LogP contribution is -2.41. The zero-order valence-corrected chi connectivity index (χ0v) is 13.8. The largest absolute Gasteiger partial charge is 0.315 e. The second-order valence-corrected chi connectivity index (χ2v) is 7.67. The molecule has 9 heteroatoms. The molecule has 21 heavy (non-hydrogen) atoms. The molecule has 1 aliphatic rings. The van der Waals surface area contributed by atoms with Crippen LogP contribution in [0.1, 0.15) is 31.5 Å². The second kappa shape index (κ2) is 6.39. The summed E-state index contributed by atoms with van der Waals surface area (Å²) in [5.41, 5.74) is 0. The highest BCUT2D eigenvalue weighted by atomic mass is 32.2. The smallest absolute Gasteiger partial charge is 0.279 e. The highest BCUT2D eigenvalue weighted by Gasteiger charge is 2.29. The summed E-state index contributed by atoms with van der Waals surface area (Å²) in [4.78, 5) is 0. The minimum Gasteiger partial charge on any atom is -0.315 e. The first-order valence-corrected chi connectivity index (χ1v) is 8.59. The van der Waals surface area contributed by atoms with E-state index in [1.54, 1.807) is 0 Å². The van der Waals surface area contributed by atoms with Gasteiger partial charge in [-0.25, -0.2) is 0 Å². The first-order valence-electron chi connectivity index (χ1n) is 7.15. The zero-order chi connectivity index (χ0) is 15.6. The van der Waals surface area contributed by atoms with Crippen LogP contribution in [-0.4, -0.2) is 54.7 Å². The first-order chi connectivity index (χ1) is 9.83. The number of nitrogens with zero attached hydrogens (tertiary/aromatic N) is 4. The van der Waals surface area contributed by atoms with Crippen molar-refractivity contribution in [2.45, 2.75) is 32.9 Å². The van der Waals surface area contributed by atoms with Gasteiger partial charge in [-0.1, -0.05) is 13.8 Å². The van der Waals surface area contributed by atoms with E-state index in [4.69, 9.17) is 0 Å². The van der Waals surface area contributed by atoms with Crippen molar-refractivity contribution in [3.05, 3.63) is 11.6 Å². The molecule has 0 unspecified atom stereocenters. The first kappa shape index (κ1) is 16.3. The SMILES string of the molecule is CC(C)[C@H](NS(=O)(=O)N(C)C)c1nnc2n1CCNCC2. The summed E-state index contributed by atoms with van der Waals surface area (Å²) in [6, 6.07) is -0.392. The van der Waals surface area contributed by atoms with Gasteiger partial charge in [0.1, 0.15) is 5.82 Å². The quantitative estimate of drug-likeness (QED) is 0.765. The topological polar surface area (TPSA) is 92.2 Å². The standard InChI is InChI=1S/C12H24N6O2S/c1-9(2)11(16-21(19,20)17(3)4)12-15-14-10-5-6-13-7-8-18(10)12/h9,11,13,16H,5-8H2,1-4H3/t11-/m0/s1. The zero-order valence-electron chi connectivity index (χ0n) is 13.0. The van der Waals surface area contributed by atoms with Crippen molar-refractivity contribution < 1.29 is 8.42 Å². The van der Waals surface area contributed by atoms with E-state index in [0.29, 0.717) is 5.82 Å². The average Bonchev–Trinajstić information content (AvgIpc) is 2.64. The highest BCUT2D eigenvalue weighted by molar-refractivity contribution is 7.87. The molecule has 0 saturated heterocycles. The number of hydrogen-bond donors (Lipinski definition) is 2. The fraction of sp³-hybridized carbons (Fsp3) is 0.833. The molecule has 0 amide bonds. The van der Waals surface area contributed by atoms with Gasteiger partial charge in [0.25, 0.3) is 10.2 Å². The van der Waals surface area contributed by atoms with Gasteiger partial charge in [0.05, 0.1) is 6.04 Å². The maximum absolute atomic E-state index is 12.1. The summed E-state index contributed by atoms with van der Waals surface area (Å²) in [5.74, 6) is 1.67. The fourth-order valence-electron chi connectivity index (χ4n) is 2.28. The minimum atomic E-state index is -3.52. The van der Waals surface area contributed by atoms with Crippen LogP contribution in [0, 0.1) is 5.92 Å². The van der Waals surface area contributed by atoms with Gasteiger partial charge in [-0.15, -0.1) is 10.2 Å². The Morgan fingerprint density at radius 3 is 2.62 bits per heavy atom.